The Morgan fingerprint density at radius 2 is 2.15 bits per heavy atom. The molecule has 0 aromatic rings. The van der Waals surface area contributed by atoms with Gasteiger partial charge in [-0.25, -0.2) is 0 Å². The third-order valence-corrected chi connectivity index (χ3v) is 3.26. The highest BCUT2D eigenvalue weighted by atomic mass is 16.5. The van der Waals surface area contributed by atoms with Gasteiger partial charge in [-0.15, -0.1) is 0 Å². The van der Waals surface area contributed by atoms with Crippen LogP contribution in [-0.4, -0.2) is 43.3 Å². The summed E-state index contributed by atoms with van der Waals surface area (Å²) in [5, 5.41) is 0. The van der Waals surface area contributed by atoms with Gasteiger partial charge in [-0.2, -0.15) is 0 Å². The van der Waals surface area contributed by atoms with Crippen LogP contribution in [0.25, 0.3) is 0 Å². The highest BCUT2D eigenvalue weighted by molar-refractivity contribution is 4.87. The van der Waals surface area contributed by atoms with E-state index in [1.165, 1.54) is 25.7 Å². The Morgan fingerprint density at radius 1 is 1.31 bits per heavy atom. The second-order valence-electron chi connectivity index (χ2n) is 4.09. The van der Waals surface area contributed by atoms with Gasteiger partial charge in [0.25, 0.3) is 0 Å². The Bertz CT molecular complexity index is 159. The molecule has 1 aliphatic carbocycles. The van der Waals surface area contributed by atoms with Crippen molar-refractivity contribution in [2.45, 2.75) is 37.8 Å². The Balaban J connectivity index is 1.94. The number of hydrogen-bond acceptors (Lipinski definition) is 3. The quantitative estimate of drug-likeness (QED) is 0.682. The average molecular weight is 184 g/mol. The van der Waals surface area contributed by atoms with Crippen LogP contribution in [0.2, 0.25) is 0 Å². The smallest absolute Gasteiger partial charge is 0.0730 e. The van der Waals surface area contributed by atoms with E-state index in [9.17, 15) is 0 Å². The maximum atomic E-state index is 5.78. The molecule has 0 aromatic heterocycles. The predicted molar refractivity (Wildman–Crippen MR) is 52.6 cm³/mol. The van der Waals surface area contributed by atoms with Crippen molar-refractivity contribution < 1.29 is 4.74 Å². The SMILES string of the molecule is NCCN1CCOC2CCCCC21. The van der Waals surface area contributed by atoms with Crippen molar-refractivity contribution in [2.24, 2.45) is 5.73 Å². The number of nitrogens with zero attached hydrogens (tertiary/aromatic N) is 1. The molecule has 1 saturated heterocycles. The second kappa shape index (κ2) is 4.40. The summed E-state index contributed by atoms with van der Waals surface area (Å²) in [6.45, 7) is 3.81. The molecule has 2 rings (SSSR count). The van der Waals surface area contributed by atoms with Crippen LogP contribution in [0.3, 0.4) is 0 Å². The number of morpholine rings is 1. The molecule has 1 aliphatic heterocycles. The van der Waals surface area contributed by atoms with Gasteiger partial charge >= 0.3 is 0 Å². The molecule has 13 heavy (non-hydrogen) atoms. The fourth-order valence-corrected chi connectivity index (χ4v) is 2.62. The average Bonchev–Trinajstić information content (AvgIpc) is 2.19. The van der Waals surface area contributed by atoms with Crippen LogP contribution >= 0.6 is 0 Å². The van der Waals surface area contributed by atoms with Gasteiger partial charge in [0, 0.05) is 25.7 Å². The molecule has 0 spiro atoms. The van der Waals surface area contributed by atoms with E-state index in [2.05, 4.69) is 4.90 Å². The van der Waals surface area contributed by atoms with Crippen molar-refractivity contribution in [3.63, 3.8) is 0 Å². The Kier molecular flexibility index (Phi) is 3.19. The molecule has 2 atom stereocenters. The van der Waals surface area contributed by atoms with Crippen molar-refractivity contribution in [1.29, 1.82) is 0 Å². The van der Waals surface area contributed by atoms with Crippen LogP contribution in [0.1, 0.15) is 25.7 Å². The lowest BCUT2D eigenvalue weighted by molar-refractivity contribution is -0.0868. The van der Waals surface area contributed by atoms with Crippen LogP contribution in [0, 0.1) is 0 Å². The van der Waals surface area contributed by atoms with Gasteiger partial charge in [0.2, 0.25) is 0 Å². The number of fused-ring (bicyclic) bond motifs is 1. The fraction of sp³-hybridized carbons (Fsp3) is 1.00. The number of rotatable bonds is 2. The highest BCUT2D eigenvalue weighted by Crippen LogP contribution is 2.27. The summed E-state index contributed by atoms with van der Waals surface area (Å²) >= 11 is 0. The standard InChI is InChI=1S/C10H20N2O/c11-5-6-12-7-8-13-10-4-2-1-3-9(10)12/h9-10H,1-8,11H2. The molecule has 0 bridgehead atoms. The minimum absolute atomic E-state index is 0.508. The molecule has 76 valence electrons. The summed E-state index contributed by atoms with van der Waals surface area (Å²) in [6, 6.07) is 0.672. The first-order valence-corrected chi connectivity index (χ1v) is 5.47. The molecule has 0 aromatic carbocycles. The Hall–Kier alpha value is -0.120. The van der Waals surface area contributed by atoms with Crippen LogP contribution in [0.4, 0.5) is 0 Å². The second-order valence-corrected chi connectivity index (χ2v) is 4.09. The maximum absolute atomic E-state index is 5.78. The first-order valence-electron chi connectivity index (χ1n) is 5.47. The van der Waals surface area contributed by atoms with E-state index < -0.39 is 0 Å². The van der Waals surface area contributed by atoms with Gasteiger partial charge in [-0.3, -0.25) is 4.90 Å². The molecule has 0 amide bonds. The van der Waals surface area contributed by atoms with E-state index in [1.807, 2.05) is 0 Å². The van der Waals surface area contributed by atoms with Crippen LogP contribution < -0.4 is 5.73 Å². The molecule has 3 nitrogen and oxygen atoms in total. The maximum Gasteiger partial charge on any atom is 0.0730 e. The van der Waals surface area contributed by atoms with Gasteiger partial charge in [0.1, 0.15) is 0 Å². The molecule has 2 unspecified atom stereocenters. The Labute approximate surface area is 80.2 Å². The highest BCUT2D eigenvalue weighted by Gasteiger charge is 2.33. The van der Waals surface area contributed by atoms with E-state index in [1.54, 1.807) is 0 Å². The largest absolute Gasteiger partial charge is 0.375 e. The zero-order valence-electron chi connectivity index (χ0n) is 8.24. The molecule has 2 fully saturated rings. The summed E-state index contributed by atoms with van der Waals surface area (Å²) in [5.74, 6) is 0. The molecular weight excluding hydrogens is 164 g/mol. The minimum Gasteiger partial charge on any atom is -0.375 e. The fourth-order valence-electron chi connectivity index (χ4n) is 2.62. The number of ether oxygens (including phenoxy) is 1. The van der Waals surface area contributed by atoms with Crippen molar-refractivity contribution >= 4 is 0 Å². The van der Waals surface area contributed by atoms with Crippen molar-refractivity contribution in [3.05, 3.63) is 0 Å². The molecular formula is C10H20N2O. The van der Waals surface area contributed by atoms with Crippen LogP contribution in [0.15, 0.2) is 0 Å². The van der Waals surface area contributed by atoms with E-state index in [0.717, 1.165) is 26.2 Å². The minimum atomic E-state index is 0.508. The first kappa shape index (κ1) is 9.44. The van der Waals surface area contributed by atoms with E-state index in [-0.39, 0.29) is 0 Å². The number of hydrogen-bond donors (Lipinski definition) is 1. The summed E-state index contributed by atoms with van der Waals surface area (Å²) in [4.78, 5) is 2.52. The zero-order chi connectivity index (χ0) is 9.10. The van der Waals surface area contributed by atoms with Gasteiger partial charge in [-0.05, 0) is 12.8 Å². The van der Waals surface area contributed by atoms with E-state index in [4.69, 9.17) is 10.5 Å². The lowest BCUT2D eigenvalue weighted by Gasteiger charge is -2.43. The zero-order valence-corrected chi connectivity index (χ0v) is 8.24. The molecule has 1 heterocycles. The lowest BCUT2D eigenvalue weighted by atomic mass is 9.90. The molecule has 3 heteroatoms. The summed E-state index contributed by atoms with van der Waals surface area (Å²) < 4.78 is 5.78. The van der Waals surface area contributed by atoms with E-state index >= 15 is 0 Å². The number of nitrogens with two attached hydrogens (primary N) is 1. The molecule has 0 radical (unpaired) electrons. The van der Waals surface area contributed by atoms with Crippen molar-refractivity contribution in [2.75, 3.05) is 26.2 Å². The normalized spacial score (nSPS) is 35.8. The third-order valence-electron chi connectivity index (χ3n) is 3.26. The summed E-state index contributed by atoms with van der Waals surface area (Å²) in [6.07, 6.45) is 5.79. The van der Waals surface area contributed by atoms with Gasteiger partial charge in [0.05, 0.1) is 12.7 Å². The van der Waals surface area contributed by atoms with Crippen molar-refractivity contribution in [1.82, 2.24) is 4.90 Å². The van der Waals surface area contributed by atoms with Crippen LogP contribution in [-0.2, 0) is 4.74 Å². The molecule has 1 saturated carbocycles. The monoisotopic (exact) mass is 184 g/mol. The van der Waals surface area contributed by atoms with Gasteiger partial charge in [-0.1, -0.05) is 12.8 Å². The van der Waals surface area contributed by atoms with E-state index in [0.29, 0.717) is 12.1 Å². The van der Waals surface area contributed by atoms with Gasteiger partial charge in [0.15, 0.2) is 0 Å². The molecule has 2 aliphatic rings. The predicted octanol–water partition coefficient (Wildman–Crippen LogP) is 0.588. The molecule has 2 N–H and O–H groups in total. The summed E-state index contributed by atoms with van der Waals surface area (Å²) in [5.41, 5.74) is 5.60. The van der Waals surface area contributed by atoms with Crippen LogP contribution in [0.5, 0.6) is 0 Å². The first-order chi connectivity index (χ1) is 6.42. The van der Waals surface area contributed by atoms with Gasteiger partial charge < -0.3 is 10.5 Å². The summed E-state index contributed by atoms with van der Waals surface area (Å²) in [7, 11) is 0. The lowest BCUT2D eigenvalue weighted by Crippen LogP contribution is -2.53. The Morgan fingerprint density at radius 3 is 3.00 bits per heavy atom. The third kappa shape index (κ3) is 2.03. The van der Waals surface area contributed by atoms with Crippen molar-refractivity contribution in [3.8, 4) is 0 Å². The topological polar surface area (TPSA) is 38.5 Å².